The van der Waals surface area contributed by atoms with E-state index in [0.29, 0.717) is 0 Å². The minimum atomic E-state index is 0.187. The summed E-state index contributed by atoms with van der Waals surface area (Å²) in [4.78, 5) is 4.12. The molecule has 0 saturated heterocycles. The smallest absolute Gasteiger partial charge is 0.0952 e. The van der Waals surface area contributed by atoms with Gasteiger partial charge in [-0.05, 0) is 19.3 Å². The van der Waals surface area contributed by atoms with Gasteiger partial charge in [0, 0.05) is 12.4 Å². The Bertz CT molecular complexity index is 373. The number of hydrogen-bond acceptors (Lipinski definition) is 3. The Balaban J connectivity index is 2.04. The van der Waals surface area contributed by atoms with Crippen molar-refractivity contribution in [1.82, 2.24) is 9.55 Å². The quantitative estimate of drug-likeness (QED) is 0.610. The van der Waals surface area contributed by atoms with Gasteiger partial charge in [0.2, 0.25) is 0 Å². The van der Waals surface area contributed by atoms with E-state index in [1.165, 1.54) is 44.9 Å². The molecule has 0 radical (unpaired) electrons. The molecule has 0 aliphatic heterocycles. The molecule has 1 aromatic rings. The molecular formula is C15H25N3O. The molecule has 1 N–H and O–H groups in total. The second kappa shape index (κ2) is 7.97. The highest BCUT2D eigenvalue weighted by molar-refractivity contribution is 5.87. The molecule has 1 aromatic heterocycles. The van der Waals surface area contributed by atoms with Crippen LogP contribution < -0.4 is 0 Å². The van der Waals surface area contributed by atoms with Gasteiger partial charge in [-0.15, -0.1) is 0 Å². The van der Waals surface area contributed by atoms with Crippen molar-refractivity contribution in [1.29, 1.82) is 0 Å². The van der Waals surface area contributed by atoms with Gasteiger partial charge in [0.25, 0.3) is 0 Å². The van der Waals surface area contributed by atoms with Crippen molar-refractivity contribution in [3.8, 4) is 0 Å². The van der Waals surface area contributed by atoms with Crippen LogP contribution in [0.5, 0.6) is 0 Å². The van der Waals surface area contributed by atoms with Crippen LogP contribution in [0.1, 0.15) is 70.3 Å². The summed E-state index contributed by atoms with van der Waals surface area (Å²) in [7, 11) is 0. The molecule has 1 unspecified atom stereocenters. The van der Waals surface area contributed by atoms with Crippen molar-refractivity contribution in [2.24, 2.45) is 5.16 Å². The molecule has 1 heterocycles. The van der Waals surface area contributed by atoms with E-state index in [9.17, 15) is 5.21 Å². The van der Waals surface area contributed by atoms with Gasteiger partial charge in [-0.1, -0.05) is 50.1 Å². The fourth-order valence-corrected chi connectivity index (χ4v) is 2.93. The lowest BCUT2D eigenvalue weighted by Gasteiger charge is -2.20. The van der Waals surface area contributed by atoms with Gasteiger partial charge in [0.1, 0.15) is 0 Å². The average Bonchev–Trinajstić information content (AvgIpc) is 2.93. The number of rotatable bonds is 1. The lowest BCUT2D eigenvalue weighted by Crippen LogP contribution is -2.19. The van der Waals surface area contributed by atoms with Crippen molar-refractivity contribution < 1.29 is 5.21 Å². The van der Waals surface area contributed by atoms with E-state index < -0.39 is 0 Å². The Morgan fingerprint density at radius 1 is 1.05 bits per heavy atom. The second-order valence-corrected chi connectivity index (χ2v) is 5.48. The summed E-state index contributed by atoms with van der Waals surface area (Å²) in [6.07, 6.45) is 17.8. The van der Waals surface area contributed by atoms with Crippen molar-refractivity contribution in [3.05, 3.63) is 18.7 Å². The van der Waals surface area contributed by atoms with Crippen molar-refractivity contribution >= 4 is 5.71 Å². The van der Waals surface area contributed by atoms with Gasteiger partial charge in [0.05, 0.1) is 18.1 Å². The number of oxime groups is 1. The summed E-state index contributed by atoms with van der Waals surface area (Å²) >= 11 is 0. The molecule has 0 amide bonds. The molecule has 1 aliphatic carbocycles. The summed E-state index contributed by atoms with van der Waals surface area (Å²) in [6.45, 7) is 0. The highest BCUT2D eigenvalue weighted by Crippen LogP contribution is 2.23. The second-order valence-electron chi connectivity index (χ2n) is 5.48. The Morgan fingerprint density at radius 3 is 2.37 bits per heavy atom. The molecule has 1 fully saturated rings. The van der Waals surface area contributed by atoms with Gasteiger partial charge in [-0.25, -0.2) is 4.98 Å². The fraction of sp³-hybridized carbons (Fsp3) is 0.733. The van der Waals surface area contributed by atoms with E-state index in [2.05, 4.69) is 14.7 Å². The van der Waals surface area contributed by atoms with Crippen LogP contribution in [0.25, 0.3) is 0 Å². The molecular weight excluding hydrogens is 238 g/mol. The SMILES string of the molecule is ON=C1CCCCCCCCCCC1n1ccnc1. The molecule has 1 saturated carbocycles. The van der Waals surface area contributed by atoms with Crippen molar-refractivity contribution in [2.75, 3.05) is 0 Å². The number of hydrogen-bond donors (Lipinski definition) is 1. The number of aromatic nitrogens is 2. The zero-order chi connectivity index (χ0) is 13.3. The Kier molecular flexibility index (Phi) is 5.92. The summed E-state index contributed by atoms with van der Waals surface area (Å²) in [5, 5.41) is 12.9. The van der Waals surface area contributed by atoms with E-state index >= 15 is 0 Å². The predicted molar refractivity (Wildman–Crippen MR) is 76.7 cm³/mol. The van der Waals surface area contributed by atoms with Crippen LogP contribution >= 0.6 is 0 Å². The first-order valence-electron chi connectivity index (χ1n) is 7.60. The fourth-order valence-electron chi connectivity index (χ4n) is 2.93. The maximum Gasteiger partial charge on any atom is 0.0952 e. The maximum absolute atomic E-state index is 9.32. The van der Waals surface area contributed by atoms with E-state index in [0.717, 1.165) is 25.0 Å². The molecule has 2 rings (SSSR count). The van der Waals surface area contributed by atoms with Crippen LogP contribution in [0.2, 0.25) is 0 Å². The molecule has 1 aliphatic rings. The molecule has 0 bridgehead atoms. The topological polar surface area (TPSA) is 50.4 Å². The Labute approximate surface area is 115 Å². The van der Waals surface area contributed by atoms with Gasteiger partial charge >= 0.3 is 0 Å². The van der Waals surface area contributed by atoms with Gasteiger partial charge in [0.15, 0.2) is 0 Å². The summed E-state index contributed by atoms with van der Waals surface area (Å²) in [5.74, 6) is 0. The third-order valence-electron chi connectivity index (χ3n) is 4.06. The normalized spacial score (nSPS) is 25.7. The van der Waals surface area contributed by atoms with E-state index in [4.69, 9.17) is 0 Å². The molecule has 4 heteroatoms. The first kappa shape index (κ1) is 14.1. The maximum atomic E-state index is 9.32. The lowest BCUT2D eigenvalue weighted by atomic mass is 9.96. The Hall–Kier alpha value is -1.32. The monoisotopic (exact) mass is 263 g/mol. The van der Waals surface area contributed by atoms with E-state index in [1.54, 1.807) is 6.20 Å². The third-order valence-corrected chi connectivity index (χ3v) is 4.06. The summed E-state index contributed by atoms with van der Waals surface area (Å²) in [6, 6.07) is 0.187. The molecule has 4 nitrogen and oxygen atoms in total. The highest BCUT2D eigenvalue weighted by Gasteiger charge is 2.18. The number of nitrogens with zero attached hydrogens (tertiary/aromatic N) is 3. The number of imidazole rings is 1. The summed E-state index contributed by atoms with van der Waals surface area (Å²) < 4.78 is 2.08. The first-order chi connectivity index (χ1) is 9.42. The van der Waals surface area contributed by atoms with Crippen LogP contribution in [0.15, 0.2) is 23.9 Å². The van der Waals surface area contributed by atoms with Crippen molar-refractivity contribution in [2.45, 2.75) is 70.3 Å². The van der Waals surface area contributed by atoms with Crippen LogP contribution in [-0.4, -0.2) is 20.5 Å². The van der Waals surface area contributed by atoms with Crippen LogP contribution in [0, 0.1) is 0 Å². The molecule has 0 aromatic carbocycles. The van der Waals surface area contributed by atoms with Crippen molar-refractivity contribution in [3.63, 3.8) is 0 Å². The first-order valence-corrected chi connectivity index (χ1v) is 7.60. The molecule has 1 atom stereocenters. The van der Waals surface area contributed by atoms with Crippen LogP contribution in [0.4, 0.5) is 0 Å². The van der Waals surface area contributed by atoms with Crippen LogP contribution in [-0.2, 0) is 0 Å². The third kappa shape index (κ3) is 4.37. The highest BCUT2D eigenvalue weighted by atomic mass is 16.4. The molecule has 19 heavy (non-hydrogen) atoms. The zero-order valence-electron chi connectivity index (χ0n) is 11.7. The van der Waals surface area contributed by atoms with Gasteiger partial charge < -0.3 is 9.77 Å². The lowest BCUT2D eigenvalue weighted by molar-refractivity contribution is 0.311. The van der Waals surface area contributed by atoms with Gasteiger partial charge in [-0.3, -0.25) is 0 Å². The zero-order valence-corrected chi connectivity index (χ0v) is 11.7. The van der Waals surface area contributed by atoms with Gasteiger partial charge in [-0.2, -0.15) is 0 Å². The van der Waals surface area contributed by atoms with Crippen LogP contribution in [0.3, 0.4) is 0 Å². The molecule has 0 spiro atoms. The predicted octanol–water partition coefficient (Wildman–Crippen LogP) is 4.17. The van der Waals surface area contributed by atoms with E-state index in [1.807, 2.05) is 12.5 Å². The largest absolute Gasteiger partial charge is 0.411 e. The van der Waals surface area contributed by atoms with E-state index in [-0.39, 0.29) is 6.04 Å². The standard InChI is InChI=1S/C15H25N3O/c19-17-14-9-7-5-3-1-2-4-6-8-10-15(14)18-12-11-16-13-18/h11-13,15,19H,1-10H2. The minimum Gasteiger partial charge on any atom is -0.411 e. The molecule has 106 valence electrons. The average molecular weight is 263 g/mol. The summed E-state index contributed by atoms with van der Waals surface area (Å²) in [5.41, 5.74) is 0.915. The Morgan fingerprint density at radius 2 is 1.74 bits per heavy atom. The minimum absolute atomic E-state index is 0.187.